The lowest BCUT2D eigenvalue weighted by Gasteiger charge is -2.26. The Morgan fingerprint density at radius 1 is 1.29 bits per heavy atom. The number of sulfone groups is 1. The van der Waals surface area contributed by atoms with Crippen molar-refractivity contribution in [2.45, 2.75) is 12.2 Å². The number of anilines is 1. The predicted molar refractivity (Wildman–Crippen MR) is 68.4 cm³/mol. The van der Waals surface area contributed by atoms with E-state index in [1.165, 1.54) is 0 Å². The third kappa shape index (κ3) is 2.31. The summed E-state index contributed by atoms with van der Waals surface area (Å²) in [5, 5.41) is 4.29. The van der Waals surface area contributed by atoms with Crippen LogP contribution in [0.15, 0.2) is 0 Å². The third-order valence-corrected chi connectivity index (χ3v) is 6.05. The molecule has 0 aromatic carbocycles. The van der Waals surface area contributed by atoms with E-state index >= 15 is 0 Å². The van der Waals surface area contributed by atoms with Crippen molar-refractivity contribution in [1.82, 2.24) is 10.3 Å². The first-order chi connectivity index (χ1) is 8.14. The molecule has 0 spiro atoms. The molecule has 1 aromatic heterocycles. The van der Waals surface area contributed by atoms with Crippen LogP contribution in [0.4, 0.5) is 5.13 Å². The number of rotatable bonds is 1. The number of piperazine rings is 1. The molecule has 1 N–H and O–H groups in total. The van der Waals surface area contributed by atoms with Gasteiger partial charge in [0.1, 0.15) is 0 Å². The standard InChI is InChI=1S/C10H15N3O2S2/c14-17(15)6-1-8-9(7-17)16-10(12-8)13-4-2-11-3-5-13/h11H,1-7H2. The van der Waals surface area contributed by atoms with Gasteiger partial charge in [0.25, 0.3) is 0 Å². The molecule has 2 aliphatic rings. The fraction of sp³-hybridized carbons (Fsp3) is 0.700. The van der Waals surface area contributed by atoms with E-state index in [0.29, 0.717) is 6.42 Å². The molecule has 2 aliphatic heterocycles. The van der Waals surface area contributed by atoms with Crippen molar-refractivity contribution in [2.24, 2.45) is 0 Å². The molecule has 0 aliphatic carbocycles. The van der Waals surface area contributed by atoms with Crippen LogP contribution in [0.25, 0.3) is 0 Å². The number of aromatic nitrogens is 1. The average Bonchev–Trinajstić information content (AvgIpc) is 2.71. The molecule has 0 bridgehead atoms. The summed E-state index contributed by atoms with van der Waals surface area (Å²) in [4.78, 5) is 7.78. The van der Waals surface area contributed by atoms with Crippen molar-refractivity contribution in [2.75, 3.05) is 36.8 Å². The maximum atomic E-state index is 11.6. The maximum Gasteiger partial charge on any atom is 0.185 e. The zero-order chi connectivity index (χ0) is 11.9. The Bertz CT molecular complexity index is 518. The first-order valence-corrected chi connectivity index (χ1v) is 8.42. The minimum absolute atomic E-state index is 0.187. The Morgan fingerprint density at radius 2 is 2.06 bits per heavy atom. The lowest BCUT2D eigenvalue weighted by atomic mass is 10.3. The topological polar surface area (TPSA) is 62.3 Å². The maximum absolute atomic E-state index is 11.6. The first kappa shape index (κ1) is 11.4. The first-order valence-electron chi connectivity index (χ1n) is 5.79. The fourth-order valence-corrected chi connectivity index (χ4v) is 5.14. The van der Waals surface area contributed by atoms with Gasteiger partial charge in [0.05, 0.1) is 17.2 Å². The number of nitrogens with one attached hydrogen (secondary N) is 1. The van der Waals surface area contributed by atoms with Crippen LogP contribution in [0.5, 0.6) is 0 Å². The van der Waals surface area contributed by atoms with Crippen LogP contribution in [-0.2, 0) is 22.0 Å². The summed E-state index contributed by atoms with van der Waals surface area (Å²) < 4.78 is 23.1. The van der Waals surface area contributed by atoms with E-state index in [9.17, 15) is 8.42 Å². The number of fused-ring (bicyclic) bond motifs is 1. The molecule has 3 rings (SSSR count). The molecule has 3 heterocycles. The summed E-state index contributed by atoms with van der Waals surface area (Å²) in [6, 6.07) is 0. The van der Waals surface area contributed by atoms with Gasteiger partial charge in [-0.15, -0.1) is 11.3 Å². The fourth-order valence-electron chi connectivity index (χ4n) is 2.19. The van der Waals surface area contributed by atoms with Gasteiger partial charge in [0, 0.05) is 37.5 Å². The van der Waals surface area contributed by atoms with Crippen LogP contribution < -0.4 is 10.2 Å². The zero-order valence-electron chi connectivity index (χ0n) is 9.48. The highest BCUT2D eigenvalue weighted by atomic mass is 32.2. The van der Waals surface area contributed by atoms with Gasteiger partial charge in [-0.2, -0.15) is 0 Å². The second-order valence-corrected chi connectivity index (χ2v) is 7.69. The monoisotopic (exact) mass is 273 g/mol. The molecular formula is C10H15N3O2S2. The largest absolute Gasteiger partial charge is 0.346 e. The molecule has 0 saturated carbocycles. The highest BCUT2D eigenvalue weighted by Gasteiger charge is 2.26. The Hall–Kier alpha value is -0.660. The SMILES string of the molecule is O=S1(=O)CCc2nc(N3CCNCC3)sc2C1. The molecule has 0 unspecified atom stereocenters. The molecular weight excluding hydrogens is 258 g/mol. The second-order valence-electron chi connectivity index (χ2n) is 4.45. The zero-order valence-corrected chi connectivity index (χ0v) is 11.1. The molecule has 0 atom stereocenters. The Labute approximate surface area is 105 Å². The number of thiazole rings is 1. The Morgan fingerprint density at radius 3 is 2.82 bits per heavy atom. The molecule has 1 saturated heterocycles. The van der Waals surface area contributed by atoms with E-state index in [-0.39, 0.29) is 11.5 Å². The van der Waals surface area contributed by atoms with Gasteiger partial charge in [-0.3, -0.25) is 0 Å². The van der Waals surface area contributed by atoms with Gasteiger partial charge < -0.3 is 10.2 Å². The van der Waals surface area contributed by atoms with E-state index in [1.54, 1.807) is 11.3 Å². The van der Waals surface area contributed by atoms with Gasteiger partial charge in [-0.05, 0) is 0 Å². The van der Waals surface area contributed by atoms with Gasteiger partial charge >= 0.3 is 0 Å². The number of hydrogen-bond donors (Lipinski definition) is 1. The van der Waals surface area contributed by atoms with Crippen LogP contribution in [0, 0.1) is 0 Å². The second kappa shape index (κ2) is 4.22. The quantitative estimate of drug-likeness (QED) is 0.782. The van der Waals surface area contributed by atoms with Crippen molar-refractivity contribution < 1.29 is 8.42 Å². The summed E-state index contributed by atoms with van der Waals surface area (Å²) in [5.41, 5.74) is 0.998. The van der Waals surface area contributed by atoms with Crippen LogP contribution in [0.1, 0.15) is 10.6 Å². The minimum Gasteiger partial charge on any atom is -0.346 e. The predicted octanol–water partition coefficient (Wildman–Crippen LogP) is 0.0236. The van der Waals surface area contributed by atoms with E-state index in [0.717, 1.165) is 41.9 Å². The van der Waals surface area contributed by atoms with Gasteiger partial charge in [0.2, 0.25) is 0 Å². The molecule has 7 heteroatoms. The number of aryl methyl sites for hydroxylation is 1. The molecule has 17 heavy (non-hydrogen) atoms. The summed E-state index contributed by atoms with van der Waals surface area (Å²) in [6.07, 6.45) is 0.584. The highest BCUT2D eigenvalue weighted by Crippen LogP contribution is 2.31. The normalized spacial score (nSPS) is 23.4. The summed E-state index contributed by atoms with van der Waals surface area (Å²) in [7, 11) is -2.87. The molecule has 0 radical (unpaired) electrons. The lowest BCUT2D eigenvalue weighted by molar-refractivity contribution is 0.587. The van der Waals surface area contributed by atoms with E-state index in [1.807, 2.05) is 0 Å². The van der Waals surface area contributed by atoms with E-state index in [2.05, 4.69) is 15.2 Å². The van der Waals surface area contributed by atoms with Crippen LogP contribution in [0.2, 0.25) is 0 Å². The van der Waals surface area contributed by atoms with Gasteiger partial charge in [0.15, 0.2) is 15.0 Å². The molecule has 5 nitrogen and oxygen atoms in total. The summed E-state index contributed by atoms with van der Waals surface area (Å²) in [5.74, 6) is 0.441. The van der Waals surface area contributed by atoms with Gasteiger partial charge in [-0.1, -0.05) is 0 Å². The Balaban J connectivity index is 1.86. The average molecular weight is 273 g/mol. The summed E-state index contributed by atoms with van der Waals surface area (Å²) in [6.45, 7) is 3.86. The molecule has 1 fully saturated rings. The van der Waals surface area contributed by atoms with Crippen molar-refractivity contribution in [3.05, 3.63) is 10.6 Å². The smallest absolute Gasteiger partial charge is 0.185 e. The van der Waals surface area contributed by atoms with Crippen molar-refractivity contribution in [3.63, 3.8) is 0 Å². The lowest BCUT2D eigenvalue weighted by Crippen LogP contribution is -2.43. The number of hydrogen-bond acceptors (Lipinski definition) is 6. The van der Waals surface area contributed by atoms with E-state index in [4.69, 9.17) is 0 Å². The van der Waals surface area contributed by atoms with Crippen LogP contribution in [-0.4, -0.2) is 45.3 Å². The van der Waals surface area contributed by atoms with E-state index < -0.39 is 9.84 Å². The highest BCUT2D eigenvalue weighted by molar-refractivity contribution is 7.90. The summed E-state index contributed by atoms with van der Waals surface area (Å²) >= 11 is 1.55. The van der Waals surface area contributed by atoms with Crippen LogP contribution in [0.3, 0.4) is 0 Å². The van der Waals surface area contributed by atoms with Crippen LogP contribution >= 0.6 is 11.3 Å². The van der Waals surface area contributed by atoms with Crippen molar-refractivity contribution >= 4 is 26.3 Å². The van der Waals surface area contributed by atoms with Gasteiger partial charge in [-0.25, -0.2) is 13.4 Å². The van der Waals surface area contributed by atoms with Crippen molar-refractivity contribution in [3.8, 4) is 0 Å². The minimum atomic E-state index is -2.87. The number of nitrogens with zero attached hydrogens (tertiary/aromatic N) is 2. The molecule has 1 aromatic rings. The third-order valence-electron chi connectivity index (χ3n) is 3.16. The van der Waals surface area contributed by atoms with Crippen molar-refractivity contribution in [1.29, 1.82) is 0 Å². The molecule has 0 amide bonds. The molecule has 94 valence electrons. The Kier molecular flexibility index (Phi) is 2.84.